The van der Waals surface area contributed by atoms with Gasteiger partial charge < -0.3 is 11.1 Å². The Morgan fingerprint density at radius 2 is 2.27 bits per heavy atom. The molecule has 1 saturated carbocycles. The second-order valence-corrected chi connectivity index (χ2v) is 4.03. The fourth-order valence-electron chi connectivity index (χ4n) is 1.73. The second-order valence-electron chi connectivity index (χ2n) is 4.03. The monoisotopic (exact) mass is 202 g/mol. The maximum absolute atomic E-state index is 8.91. The van der Waals surface area contributed by atoms with E-state index < -0.39 is 0 Å². The SMILES string of the molecule is Cc1ccc(C#N)c(NC2CC(N)C2)n1. The standard InChI is InChI=1S/C11H14N4/c1-7-2-3-8(6-12)11(14-7)15-10-4-9(13)5-10/h2-3,9-10H,4-5,13H2,1H3,(H,14,15). The van der Waals surface area contributed by atoms with Crippen LogP contribution in [0.3, 0.4) is 0 Å². The molecule has 0 amide bonds. The molecule has 3 N–H and O–H groups in total. The Morgan fingerprint density at radius 3 is 2.87 bits per heavy atom. The molecule has 0 aliphatic heterocycles. The smallest absolute Gasteiger partial charge is 0.144 e. The molecule has 0 unspecified atom stereocenters. The van der Waals surface area contributed by atoms with Crippen molar-refractivity contribution in [3.8, 4) is 6.07 Å². The van der Waals surface area contributed by atoms with Crippen LogP contribution in [0, 0.1) is 18.3 Å². The molecule has 1 aromatic heterocycles. The molecular weight excluding hydrogens is 188 g/mol. The molecule has 0 bridgehead atoms. The Hall–Kier alpha value is -1.60. The lowest BCUT2D eigenvalue weighted by molar-refractivity contribution is 0.373. The normalized spacial score (nSPS) is 24.1. The fraction of sp³-hybridized carbons (Fsp3) is 0.455. The van der Waals surface area contributed by atoms with Crippen LogP contribution < -0.4 is 11.1 Å². The van der Waals surface area contributed by atoms with Crippen LogP contribution in [0.15, 0.2) is 12.1 Å². The Morgan fingerprint density at radius 1 is 1.53 bits per heavy atom. The summed E-state index contributed by atoms with van der Waals surface area (Å²) in [6, 6.07) is 6.45. The zero-order chi connectivity index (χ0) is 10.8. The van der Waals surface area contributed by atoms with Crippen LogP contribution >= 0.6 is 0 Å². The molecule has 1 heterocycles. The number of anilines is 1. The number of nitriles is 1. The molecule has 0 aromatic carbocycles. The van der Waals surface area contributed by atoms with Gasteiger partial charge in [0.15, 0.2) is 0 Å². The zero-order valence-corrected chi connectivity index (χ0v) is 8.70. The van der Waals surface area contributed by atoms with Crippen LogP contribution in [0.4, 0.5) is 5.82 Å². The largest absolute Gasteiger partial charge is 0.366 e. The van der Waals surface area contributed by atoms with Crippen molar-refractivity contribution in [1.82, 2.24) is 4.98 Å². The maximum atomic E-state index is 8.91. The van der Waals surface area contributed by atoms with Gasteiger partial charge in [0.1, 0.15) is 11.9 Å². The first-order valence-corrected chi connectivity index (χ1v) is 5.09. The highest BCUT2D eigenvalue weighted by molar-refractivity contribution is 5.53. The third-order valence-electron chi connectivity index (χ3n) is 2.67. The van der Waals surface area contributed by atoms with Gasteiger partial charge in [0, 0.05) is 17.8 Å². The van der Waals surface area contributed by atoms with Gasteiger partial charge in [-0.2, -0.15) is 5.26 Å². The quantitative estimate of drug-likeness (QED) is 0.754. The van der Waals surface area contributed by atoms with Crippen molar-refractivity contribution in [2.24, 2.45) is 5.73 Å². The van der Waals surface area contributed by atoms with Gasteiger partial charge in [-0.05, 0) is 31.9 Å². The molecule has 4 heteroatoms. The first kappa shape index (κ1) is 9.94. The minimum absolute atomic E-state index is 0.304. The minimum Gasteiger partial charge on any atom is -0.366 e. The summed E-state index contributed by atoms with van der Waals surface area (Å²) in [7, 11) is 0. The van der Waals surface area contributed by atoms with Crippen molar-refractivity contribution in [3.05, 3.63) is 23.4 Å². The van der Waals surface area contributed by atoms with E-state index in [0.29, 0.717) is 23.5 Å². The number of aryl methyl sites for hydroxylation is 1. The number of nitrogens with zero attached hydrogens (tertiary/aromatic N) is 2. The number of nitrogens with one attached hydrogen (secondary N) is 1. The third kappa shape index (κ3) is 2.08. The van der Waals surface area contributed by atoms with Crippen molar-refractivity contribution >= 4 is 5.82 Å². The first-order valence-electron chi connectivity index (χ1n) is 5.09. The van der Waals surface area contributed by atoms with E-state index in [-0.39, 0.29) is 0 Å². The lowest BCUT2D eigenvalue weighted by Crippen LogP contribution is -2.44. The van der Waals surface area contributed by atoms with Crippen LogP contribution in [0.2, 0.25) is 0 Å². The molecule has 0 saturated heterocycles. The average molecular weight is 202 g/mol. The lowest BCUT2D eigenvalue weighted by Gasteiger charge is -2.33. The predicted molar refractivity (Wildman–Crippen MR) is 58.3 cm³/mol. The summed E-state index contributed by atoms with van der Waals surface area (Å²) in [4.78, 5) is 4.32. The fourth-order valence-corrected chi connectivity index (χ4v) is 1.73. The average Bonchev–Trinajstić information content (AvgIpc) is 2.16. The molecule has 0 atom stereocenters. The van der Waals surface area contributed by atoms with Gasteiger partial charge in [-0.15, -0.1) is 0 Å². The van der Waals surface area contributed by atoms with Gasteiger partial charge in [0.2, 0.25) is 0 Å². The van der Waals surface area contributed by atoms with Gasteiger partial charge in [0.25, 0.3) is 0 Å². The number of nitrogens with two attached hydrogens (primary N) is 1. The Bertz CT molecular complexity index is 402. The van der Waals surface area contributed by atoms with Crippen molar-refractivity contribution in [3.63, 3.8) is 0 Å². The minimum atomic E-state index is 0.304. The summed E-state index contributed by atoms with van der Waals surface area (Å²) in [5, 5.41) is 12.2. The van der Waals surface area contributed by atoms with Gasteiger partial charge in [-0.25, -0.2) is 4.98 Å². The summed E-state index contributed by atoms with van der Waals surface area (Å²) in [5.74, 6) is 0.689. The van der Waals surface area contributed by atoms with E-state index >= 15 is 0 Å². The van der Waals surface area contributed by atoms with Crippen LogP contribution in [-0.4, -0.2) is 17.1 Å². The van der Waals surface area contributed by atoms with E-state index in [4.69, 9.17) is 11.0 Å². The molecule has 4 nitrogen and oxygen atoms in total. The number of aromatic nitrogens is 1. The van der Waals surface area contributed by atoms with Crippen molar-refractivity contribution in [1.29, 1.82) is 5.26 Å². The molecular formula is C11H14N4. The number of hydrogen-bond acceptors (Lipinski definition) is 4. The van der Waals surface area contributed by atoms with Crippen molar-refractivity contribution in [2.75, 3.05) is 5.32 Å². The third-order valence-corrected chi connectivity index (χ3v) is 2.67. The molecule has 1 aromatic rings. The van der Waals surface area contributed by atoms with E-state index in [1.54, 1.807) is 6.07 Å². The van der Waals surface area contributed by atoms with Crippen molar-refractivity contribution in [2.45, 2.75) is 31.8 Å². The summed E-state index contributed by atoms with van der Waals surface area (Å²) < 4.78 is 0. The molecule has 1 aliphatic rings. The number of hydrogen-bond donors (Lipinski definition) is 2. The number of pyridine rings is 1. The highest BCUT2D eigenvalue weighted by Crippen LogP contribution is 2.23. The van der Waals surface area contributed by atoms with E-state index in [1.807, 2.05) is 13.0 Å². The predicted octanol–water partition coefficient (Wildman–Crippen LogP) is 1.16. The maximum Gasteiger partial charge on any atom is 0.144 e. The topological polar surface area (TPSA) is 74.7 Å². The van der Waals surface area contributed by atoms with E-state index in [1.165, 1.54) is 0 Å². The van der Waals surface area contributed by atoms with E-state index in [0.717, 1.165) is 18.5 Å². The molecule has 15 heavy (non-hydrogen) atoms. The molecule has 2 rings (SSSR count). The second kappa shape index (κ2) is 3.87. The number of rotatable bonds is 2. The van der Waals surface area contributed by atoms with Gasteiger partial charge in [-0.3, -0.25) is 0 Å². The van der Waals surface area contributed by atoms with E-state index in [9.17, 15) is 0 Å². The highest BCUT2D eigenvalue weighted by atomic mass is 15.0. The molecule has 0 radical (unpaired) electrons. The summed E-state index contributed by atoms with van der Waals surface area (Å²) in [5.41, 5.74) is 7.21. The Balaban J connectivity index is 2.13. The van der Waals surface area contributed by atoms with Crippen molar-refractivity contribution < 1.29 is 0 Å². The lowest BCUT2D eigenvalue weighted by atomic mass is 9.87. The van der Waals surface area contributed by atoms with Gasteiger partial charge >= 0.3 is 0 Å². The van der Waals surface area contributed by atoms with Crippen LogP contribution in [0.5, 0.6) is 0 Å². The van der Waals surface area contributed by atoms with Crippen LogP contribution in [0.25, 0.3) is 0 Å². The summed E-state index contributed by atoms with van der Waals surface area (Å²) in [6.45, 7) is 1.92. The molecule has 78 valence electrons. The molecule has 1 aliphatic carbocycles. The first-order chi connectivity index (χ1) is 7.19. The summed E-state index contributed by atoms with van der Waals surface area (Å²) >= 11 is 0. The van der Waals surface area contributed by atoms with E-state index in [2.05, 4.69) is 16.4 Å². The Labute approximate surface area is 89.1 Å². The molecule has 0 spiro atoms. The Kier molecular flexibility index (Phi) is 2.57. The van der Waals surface area contributed by atoms with Gasteiger partial charge in [-0.1, -0.05) is 0 Å². The van der Waals surface area contributed by atoms with Crippen LogP contribution in [-0.2, 0) is 0 Å². The van der Waals surface area contributed by atoms with Crippen LogP contribution in [0.1, 0.15) is 24.1 Å². The highest BCUT2D eigenvalue weighted by Gasteiger charge is 2.26. The molecule has 1 fully saturated rings. The zero-order valence-electron chi connectivity index (χ0n) is 8.70. The summed E-state index contributed by atoms with van der Waals surface area (Å²) in [6.07, 6.45) is 1.92. The van der Waals surface area contributed by atoms with Gasteiger partial charge in [0.05, 0.1) is 5.56 Å².